The van der Waals surface area contributed by atoms with E-state index in [1.54, 1.807) is 19.8 Å². The van der Waals surface area contributed by atoms with E-state index in [-0.39, 0.29) is 0 Å². The van der Waals surface area contributed by atoms with Crippen molar-refractivity contribution in [2.24, 2.45) is 0 Å². The number of aromatic nitrogens is 3. The van der Waals surface area contributed by atoms with Gasteiger partial charge < -0.3 is 4.74 Å². The Hall–Kier alpha value is -1.49. The fourth-order valence-electron chi connectivity index (χ4n) is 1.76. The first kappa shape index (κ1) is 13.0. The quantitative estimate of drug-likeness (QED) is 0.803. The van der Waals surface area contributed by atoms with E-state index >= 15 is 0 Å². The van der Waals surface area contributed by atoms with Gasteiger partial charge >= 0.3 is 0 Å². The van der Waals surface area contributed by atoms with Crippen molar-refractivity contribution in [3.63, 3.8) is 0 Å². The molecule has 5 heteroatoms. The molecule has 0 bridgehead atoms. The number of hydrogen-bond acceptors (Lipinski definition) is 4. The molecule has 0 fully saturated rings. The first-order valence-electron chi connectivity index (χ1n) is 5.88. The number of benzene rings is 1. The van der Waals surface area contributed by atoms with Gasteiger partial charge in [-0.15, -0.1) is 0 Å². The fraction of sp³-hybridized carbons (Fsp3) is 0.385. The standard InChI is InChI=1S/C13H17N3OS/c1-11(12-5-3-4-6-13(12)17-2)18-8-7-16-10-14-9-15-16/h3-6,9-11H,7-8H2,1-2H3. The number of rotatable bonds is 6. The molecule has 0 radical (unpaired) electrons. The Morgan fingerprint density at radius 2 is 2.22 bits per heavy atom. The van der Waals surface area contributed by atoms with Crippen LogP contribution in [0.5, 0.6) is 5.75 Å². The molecule has 1 aromatic heterocycles. The van der Waals surface area contributed by atoms with Crippen LogP contribution in [0, 0.1) is 0 Å². The Morgan fingerprint density at radius 3 is 2.94 bits per heavy atom. The average molecular weight is 263 g/mol. The van der Waals surface area contributed by atoms with Gasteiger partial charge in [-0.25, -0.2) is 4.98 Å². The van der Waals surface area contributed by atoms with Crippen LogP contribution < -0.4 is 4.74 Å². The number of para-hydroxylation sites is 1. The molecule has 1 unspecified atom stereocenters. The predicted octanol–water partition coefficient (Wildman–Crippen LogP) is 2.78. The molecular formula is C13H17N3OS. The van der Waals surface area contributed by atoms with Crippen LogP contribution in [0.3, 0.4) is 0 Å². The number of methoxy groups -OCH3 is 1. The van der Waals surface area contributed by atoms with E-state index in [0.29, 0.717) is 5.25 Å². The molecule has 2 aromatic rings. The zero-order valence-electron chi connectivity index (χ0n) is 10.6. The first-order chi connectivity index (χ1) is 8.81. The monoisotopic (exact) mass is 263 g/mol. The van der Waals surface area contributed by atoms with Crippen LogP contribution in [0.2, 0.25) is 0 Å². The second-order valence-corrected chi connectivity index (χ2v) is 5.36. The van der Waals surface area contributed by atoms with Crippen molar-refractivity contribution >= 4 is 11.8 Å². The minimum Gasteiger partial charge on any atom is -0.496 e. The van der Waals surface area contributed by atoms with Crippen LogP contribution in [-0.4, -0.2) is 27.6 Å². The molecule has 96 valence electrons. The van der Waals surface area contributed by atoms with Gasteiger partial charge in [0.15, 0.2) is 0 Å². The lowest BCUT2D eigenvalue weighted by Gasteiger charge is -2.15. The molecule has 18 heavy (non-hydrogen) atoms. The number of thioether (sulfide) groups is 1. The molecule has 0 saturated carbocycles. The summed E-state index contributed by atoms with van der Waals surface area (Å²) in [6.07, 6.45) is 3.31. The summed E-state index contributed by atoms with van der Waals surface area (Å²) in [5.74, 6) is 1.96. The summed E-state index contributed by atoms with van der Waals surface area (Å²) in [5.41, 5.74) is 1.24. The molecule has 1 heterocycles. The highest BCUT2D eigenvalue weighted by atomic mass is 32.2. The third-order valence-corrected chi connectivity index (χ3v) is 3.90. The molecule has 0 saturated heterocycles. The van der Waals surface area contributed by atoms with Gasteiger partial charge in [0, 0.05) is 16.6 Å². The smallest absolute Gasteiger partial charge is 0.137 e. The number of nitrogens with zero attached hydrogens (tertiary/aromatic N) is 3. The van der Waals surface area contributed by atoms with Gasteiger partial charge in [-0.05, 0) is 13.0 Å². The van der Waals surface area contributed by atoms with E-state index in [4.69, 9.17) is 4.74 Å². The summed E-state index contributed by atoms with van der Waals surface area (Å²) in [7, 11) is 1.71. The number of hydrogen-bond donors (Lipinski definition) is 0. The van der Waals surface area contributed by atoms with E-state index in [1.165, 1.54) is 5.56 Å². The van der Waals surface area contributed by atoms with Crippen LogP contribution in [0.25, 0.3) is 0 Å². The Bertz CT molecular complexity index is 473. The molecule has 1 aromatic carbocycles. The van der Waals surface area contributed by atoms with Gasteiger partial charge in [-0.1, -0.05) is 18.2 Å². The molecule has 0 amide bonds. The average Bonchev–Trinajstić information content (AvgIpc) is 2.91. The van der Waals surface area contributed by atoms with Crippen LogP contribution in [0.1, 0.15) is 17.7 Å². The normalized spacial score (nSPS) is 12.3. The summed E-state index contributed by atoms with van der Waals surface area (Å²) in [4.78, 5) is 3.93. The fourth-order valence-corrected chi connectivity index (χ4v) is 2.78. The predicted molar refractivity (Wildman–Crippen MR) is 73.9 cm³/mol. The van der Waals surface area contributed by atoms with Gasteiger partial charge in [0.25, 0.3) is 0 Å². The Kier molecular flexibility index (Phi) is 4.64. The first-order valence-corrected chi connectivity index (χ1v) is 6.93. The topological polar surface area (TPSA) is 39.9 Å². The molecule has 0 spiro atoms. The van der Waals surface area contributed by atoms with Crippen molar-refractivity contribution in [1.29, 1.82) is 0 Å². The van der Waals surface area contributed by atoms with Crippen LogP contribution in [0.15, 0.2) is 36.9 Å². The van der Waals surface area contributed by atoms with Crippen molar-refractivity contribution in [3.8, 4) is 5.75 Å². The van der Waals surface area contributed by atoms with E-state index in [0.717, 1.165) is 18.0 Å². The van der Waals surface area contributed by atoms with Crippen molar-refractivity contribution < 1.29 is 4.74 Å². The Morgan fingerprint density at radius 1 is 1.39 bits per heavy atom. The molecule has 4 nitrogen and oxygen atoms in total. The largest absolute Gasteiger partial charge is 0.496 e. The van der Waals surface area contributed by atoms with Crippen LogP contribution in [0.4, 0.5) is 0 Å². The molecular weight excluding hydrogens is 246 g/mol. The van der Waals surface area contributed by atoms with Crippen LogP contribution >= 0.6 is 11.8 Å². The van der Waals surface area contributed by atoms with Gasteiger partial charge in [-0.2, -0.15) is 16.9 Å². The van der Waals surface area contributed by atoms with Crippen molar-refractivity contribution in [2.75, 3.05) is 12.9 Å². The highest BCUT2D eigenvalue weighted by Crippen LogP contribution is 2.34. The van der Waals surface area contributed by atoms with Crippen LogP contribution in [-0.2, 0) is 6.54 Å². The molecule has 0 aliphatic heterocycles. The van der Waals surface area contributed by atoms with Crippen molar-refractivity contribution in [2.45, 2.75) is 18.7 Å². The lowest BCUT2D eigenvalue weighted by atomic mass is 10.1. The zero-order chi connectivity index (χ0) is 12.8. The van der Waals surface area contributed by atoms with Crippen molar-refractivity contribution in [1.82, 2.24) is 14.8 Å². The number of ether oxygens (including phenoxy) is 1. The van der Waals surface area contributed by atoms with E-state index in [9.17, 15) is 0 Å². The van der Waals surface area contributed by atoms with Gasteiger partial charge in [0.2, 0.25) is 0 Å². The third kappa shape index (κ3) is 3.26. The summed E-state index contributed by atoms with van der Waals surface area (Å²) in [6, 6.07) is 8.16. The van der Waals surface area contributed by atoms with Gasteiger partial charge in [-0.3, -0.25) is 4.68 Å². The zero-order valence-corrected chi connectivity index (χ0v) is 11.4. The van der Waals surface area contributed by atoms with Crippen molar-refractivity contribution in [3.05, 3.63) is 42.5 Å². The minimum atomic E-state index is 0.407. The minimum absolute atomic E-state index is 0.407. The van der Waals surface area contributed by atoms with E-state index < -0.39 is 0 Å². The second-order valence-electron chi connectivity index (χ2n) is 3.91. The summed E-state index contributed by atoms with van der Waals surface area (Å²) in [5, 5.41) is 4.49. The highest BCUT2D eigenvalue weighted by molar-refractivity contribution is 7.99. The molecule has 0 N–H and O–H groups in total. The molecule has 1 atom stereocenters. The summed E-state index contributed by atoms with van der Waals surface area (Å²) >= 11 is 1.89. The van der Waals surface area contributed by atoms with Gasteiger partial charge in [0.05, 0.1) is 13.7 Å². The lowest BCUT2D eigenvalue weighted by molar-refractivity contribution is 0.410. The highest BCUT2D eigenvalue weighted by Gasteiger charge is 2.10. The molecule has 0 aliphatic rings. The maximum atomic E-state index is 5.38. The maximum absolute atomic E-state index is 5.38. The molecule has 0 aliphatic carbocycles. The van der Waals surface area contributed by atoms with E-state index in [1.807, 2.05) is 34.6 Å². The van der Waals surface area contributed by atoms with E-state index in [2.05, 4.69) is 23.1 Å². The second kappa shape index (κ2) is 6.44. The Labute approximate surface area is 111 Å². The van der Waals surface area contributed by atoms with Gasteiger partial charge in [0.1, 0.15) is 18.4 Å². The SMILES string of the molecule is COc1ccccc1C(C)SCCn1cncn1. The number of aryl methyl sites for hydroxylation is 1. The molecule has 2 rings (SSSR count). The summed E-state index contributed by atoms with van der Waals surface area (Å²) in [6.45, 7) is 3.08. The lowest BCUT2D eigenvalue weighted by Crippen LogP contribution is -2.02. The maximum Gasteiger partial charge on any atom is 0.137 e. The third-order valence-electron chi connectivity index (χ3n) is 2.73. The Balaban J connectivity index is 1.89. The summed E-state index contributed by atoms with van der Waals surface area (Å²) < 4.78 is 7.23.